The maximum Gasteiger partial charge on any atom is 0.254 e. The second-order valence-corrected chi connectivity index (χ2v) is 4.89. The molecule has 0 saturated heterocycles. The number of aromatic nitrogens is 1. The van der Waals surface area contributed by atoms with Gasteiger partial charge >= 0.3 is 0 Å². The van der Waals surface area contributed by atoms with E-state index in [9.17, 15) is 4.79 Å². The first kappa shape index (κ1) is 13.8. The number of furan rings is 1. The second-order valence-electron chi connectivity index (χ2n) is 4.11. The molecule has 0 atom stereocenters. The van der Waals surface area contributed by atoms with Crippen molar-refractivity contribution in [3.63, 3.8) is 0 Å². The molecule has 2 aromatic rings. The molecule has 0 aliphatic heterocycles. The summed E-state index contributed by atoms with van der Waals surface area (Å²) in [4.78, 5) is 17.9. The van der Waals surface area contributed by atoms with Gasteiger partial charge in [0.05, 0.1) is 12.2 Å². The normalized spacial score (nSPS) is 10.5. The van der Waals surface area contributed by atoms with Crippen molar-refractivity contribution in [1.29, 1.82) is 0 Å². The summed E-state index contributed by atoms with van der Waals surface area (Å²) in [5, 5.41) is 0. The predicted octanol–water partition coefficient (Wildman–Crippen LogP) is 2.17. The summed E-state index contributed by atoms with van der Waals surface area (Å²) in [6, 6.07) is 7.01. The van der Waals surface area contributed by atoms with Crippen molar-refractivity contribution in [2.24, 2.45) is 5.73 Å². The average molecular weight is 324 g/mol. The molecule has 2 N–H and O–H groups in total. The summed E-state index contributed by atoms with van der Waals surface area (Å²) in [6.07, 6.45) is 1.59. The molecule has 0 fully saturated rings. The zero-order chi connectivity index (χ0) is 13.8. The predicted molar refractivity (Wildman–Crippen MR) is 74.3 cm³/mol. The fourth-order valence-electron chi connectivity index (χ4n) is 1.69. The quantitative estimate of drug-likeness (QED) is 0.935. The minimum atomic E-state index is -0.0929. The Morgan fingerprint density at radius 2 is 2.26 bits per heavy atom. The molecule has 5 nitrogen and oxygen atoms in total. The highest BCUT2D eigenvalue weighted by atomic mass is 79.9. The van der Waals surface area contributed by atoms with Crippen molar-refractivity contribution in [1.82, 2.24) is 9.88 Å². The van der Waals surface area contributed by atoms with Crippen LogP contribution in [0.1, 0.15) is 21.8 Å². The highest BCUT2D eigenvalue weighted by molar-refractivity contribution is 9.10. The fraction of sp³-hybridized carbons (Fsp3) is 0.231. The van der Waals surface area contributed by atoms with Gasteiger partial charge < -0.3 is 15.1 Å². The highest BCUT2D eigenvalue weighted by Crippen LogP contribution is 2.16. The lowest BCUT2D eigenvalue weighted by atomic mass is 10.2. The third-order valence-corrected chi connectivity index (χ3v) is 3.07. The monoisotopic (exact) mass is 323 g/mol. The average Bonchev–Trinajstić information content (AvgIpc) is 2.83. The molecule has 0 aliphatic carbocycles. The Hall–Kier alpha value is -1.66. The molecule has 0 radical (unpaired) electrons. The zero-order valence-electron chi connectivity index (χ0n) is 10.5. The number of pyridine rings is 1. The van der Waals surface area contributed by atoms with Gasteiger partial charge in [0, 0.05) is 25.4 Å². The van der Waals surface area contributed by atoms with Crippen molar-refractivity contribution >= 4 is 21.8 Å². The maximum absolute atomic E-state index is 12.2. The number of carbonyl (C=O) groups excluding carboxylic acids is 1. The number of rotatable bonds is 4. The van der Waals surface area contributed by atoms with E-state index >= 15 is 0 Å². The molecule has 0 aromatic carbocycles. The Balaban J connectivity index is 2.09. The number of hydrogen-bond acceptors (Lipinski definition) is 4. The lowest BCUT2D eigenvalue weighted by molar-refractivity contribution is 0.0775. The topological polar surface area (TPSA) is 72.4 Å². The number of carbonyl (C=O) groups is 1. The Labute approximate surface area is 119 Å². The van der Waals surface area contributed by atoms with Crippen molar-refractivity contribution in [3.8, 4) is 0 Å². The summed E-state index contributed by atoms with van der Waals surface area (Å²) in [5.41, 5.74) is 6.78. The van der Waals surface area contributed by atoms with Crippen LogP contribution in [0, 0.1) is 0 Å². The first-order valence-electron chi connectivity index (χ1n) is 5.75. The molecule has 0 bridgehead atoms. The lowest BCUT2D eigenvalue weighted by Crippen LogP contribution is -2.26. The van der Waals surface area contributed by atoms with Crippen molar-refractivity contribution in [2.75, 3.05) is 7.05 Å². The standard InChI is InChI=1S/C13H14BrN3O2/c1-17(8-11-2-3-12(14)19-11)13(18)9-4-5-16-10(6-9)7-15/h2-6H,7-8,15H2,1H3. The smallest absolute Gasteiger partial charge is 0.254 e. The van der Waals surface area contributed by atoms with Crippen LogP contribution in [0.25, 0.3) is 0 Å². The van der Waals surface area contributed by atoms with Gasteiger partial charge in [0.2, 0.25) is 0 Å². The van der Waals surface area contributed by atoms with E-state index in [1.165, 1.54) is 0 Å². The fourth-order valence-corrected chi connectivity index (χ4v) is 2.03. The van der Waals surface area contributed by atoms with Gasteiger partial charge in [-0.3, -0.25) is 9.78 Å². The van der Waals surface area contributed by atoms with Crippen LogP contribution in [-0.2, 0) is 13.1 Å². The van der Waals surface area contributed by atoms with E-state index in [1.807, 2.05) is 6.07 Å². The molecular formula is C13H14BrN3O2. The summed E-state index contributed by atoms with van der Waals surface area (Å²) in [6.45, 7) is 0.723. The minimum absolute atomic E-state index is 0.0929. The molecule has 0 aliphatic rings. The van der Waals surface area contributed by atoms with E-state index in [2.05, 4.69) is 20.9 Å². The summed E-state index contributed by atoms with van der Waals surface area (Å²) in [5.74, 6) is 0.625. The number of hydrogen-bond donors (Lipinski definition) is 1. The van der Waals surface area contributed by atoms with E-state index in [1.54, 1.807) is 36.3 Å². The van der Waals surface area contributed by atoms with E-state index in [-0.39, 0.29) is 5.91 Å². The first-order chi connectivity index (χ1) is 9.10. The van der Waals surface area contributed by atoms with Crippen LogP contribution in [0.15, 0.2) is 39.5 Å². The van der Waals surface area contributed by atoms with E-state index < -0.39 is 0 Å². The molecule has 0 saturated carbocycles. The molecule has 0 unspecified atom stereocenters. The highest BCUT2D eigenvalue weighted by Gasteiger charge is 2.14. The first-order valence-corrected chi connectivity index (χ1v) is 6.54. The number of nitrogens with two attached hydrogens (primary N) is 1. The Bertz CT molecular complexity index is 583. The molecule has 100 valence electrons. The molecule has 6 heteroatoms. The van der Waals surface area contributed by atoms with Gasteiger partial charge in [0.25, 0.3) is 5.91 Å². The third kappa shape index (κ3) is 3.42. The Kier molecular flexibility index (Phi) is 4.34. The molecule has 2 heterocycles. The largest absolute Gasteiger partial charge is 0.452 e. The SMILES string of the molecule is CN(Cc1ccc(Br)o1)C(=O)c1ccnc(CN)c1. The van der Waals surface area contributed by atoms with Gasteiger partial charge in [0.15, 0.2) is 4.67 Å². The molecule has 2 aromatic heterocycles. The Morgan fingerprint density at radius 3 is 2.89 bits per heavy atom. The van der Waals surface area contributed by atoms with Gasteiger partial charge in [0.1, 0.15) is 5.76 Å². The molecule has 0 spiro atoms. The second kappa shape index (κ2) is 5.99. The minimum Gasteiger partial charge on any atom is -0.452 e. The summed E-state index contributed by atoms with van der Waals surface area (Å²) in [7, 11) is 1.72. The van der Waals surface area contributed by atoms with Crippen LogP contribution in [0.5, 0.6) is 0 Å². The van der Waals surface area contributed by atoms with Crippen molar-refractivity contribution in [3.05, 3.63) is 52.1 Å². The number of nitrogens with zero attached hydrogens (tertiary/aromatic N) is 2. The summed E-state index contributed by atoms with van der Waals surface area (Å²) >= 11 is 3.23. The van der Waals surface area contributed by atoms with Crippen LogP contribution in [0.3, 0.4) is 0 Å². The summed E-state index contributed by atoms with van der Waals surface area (Å²) < 4.78 is 6.03. The maximum atomic E-state index is 12.2. The molecule has 2 rings (SSSR count). The Morgan fingerprint density at radius 1 is 1.47 bits per heavy atom. The zero-order valence-corrected chi connectivity index (χ0v) is 12.1. The molecule has 1 amide bonds. The number of amides is 1. The van der Waals surface area contributed by atoms with Gasteiger partial charge in [-0.2, -0.15) is 0 Å². The lowest BCUT2D eigenvalue weighted by Gasteiger charge is -2.15. The van der Waals surface area contributed by atoms with Gasteiger partial charge in [-0.1, -0.05) is 0 Å². The van der Waals surface area contributed by atoms with Crippen LogP contribution in [0.2, 0.25) is 0 Å². The van der Waals surface area contributed by atoms with E-state index in [0.29, 0.717) is 29.0 Å². The van der Waals surface area contributed by atoms with Crippen LogP contribution in [-0.4, -0.2) is 22.8 Å². The van der Waals surface area contributed by atoms with Crippen molar-refractivity contribution in [2.45, 2.75) is 13.1 Å². The van der Waals surface area contributed by atoms with Gasteiger partial charge in [-0.15, -0.1) is 0 Å². The van der Waals surface area contributed by atoms with Crippen LogP contribution >= 0.6 is 15.9 Å². The molecular weight excluding hydrogens is 310 g/mol. The number of halogens is 1. The van der Waals surface area contributed by atoms with E-state index in [4.69, 9.17) is 10.2 Å². The van der Waals surface area contributed by atoms with Crippen LogP contribution < -0.4 is 5.73 Å². The molecule has 19 heavy (non-hydrogen) atoms. The third-order valence-electron chi connectivity index (χ3n) is 2.64. The van der Waals surface area contributed by atoms with Crippen LogP contribution in [0.4, 0.5) is 0 Å². The van der Waals surface area contributed by atoms with Gasteiger partial charge in [-0.25, -0.2) is 0 Å². The van der Waals surface area contributed by atoms with E-state index in [0.717, 1.165) is 5.76 Å². The van der Waals surface area contributed by atoms with Gasteiger partial charge in [-0.05, 0) is 40.2 Å². The van der Waals surface area contributed by atoms with Crippen molar-refractivity contribution < 1.29 is 9.21 Å².